The van der Waals surface area contributed by atoms with E-state index in [1.807, 2.05) is 0 Å². The number of allylic oxidation sites excluding steroid dienone is 4. The first kappa shape index (κ1) is 48.9. The molecule has 3 N–H and O–H groups in total. The van der Waals surface area contributed by atoms with E-state index in [-0.39, 0.29) is 25.6 Å². The Balaban J connectivity index is 4.09. The van der Waals surface area contributed by atoms with Crippen molar-refractivity contribution in [3.8, 4) is 0 Å². The maximum atomic E-state index is 12.5. The van der Waals surface area contributed by atoms with E-state index in [0.717, 1.165) is 44.9 Å². The average Bonchev–Trinajstić information content (AvgIpc) is 3.10. The van der Waals surface area contributed by atoms with Crippen molar-refractivity contribution < 1.29 is 43.0 Å². The molecule has 0 saturated carbocycles. The fourth-order valence-corrected chi connectivity index (χ4v) is 6.29. The van der Waals surface area contributed by atoms with Crippen molar-refractivity contribution in [3.05, 3.63) is 24.3 Å². The first-order valence-electron chi connectivity index (χ1n) is 20.3. The number of carbonyl (C=O) groups excluding carboxylic acids is 1. The van der Waals surface area contributed by atoms with Crippen LogP contribution in [0.25, 0.3) is 0 Å². The number of unbranched alkanes of at least 4 members (excludes halogenated alkanes) is 21. The summed E-state index contributed by atoms with van der Waals surface area (Å²) in [6.07, 6.45) is 37.1. The van der Waals surface area contributed by atoms with Crippen LogP contribution in [0.2, 0.25) is 0 Å². The predicted molar refractivity (Wildman–Crippen MR) is 205 cm³/mol. The molecule has 50 heavy (non-hydrogen) atoms. The number of esters is 1. The molecule has 3 atom stereocenters. The highest BCUT2D eigenvalue weighted by atomic mass is 31.2. The number of aliphatic hydroxyl groups is 2. The van der Waals surface area contributed by atoms with E-state index in [0.29, 0.717) is 6.61 Å². The average molecular weight is 733 g/mol. The summed E-state index contributed by atoms with van der Waals surface area (Å²) in [5, 5.41) is 18.3. The topological polar surface area (TPSA) is 132 Å². The molecule has 0 aliphatic heterocycles. The molecule has 296 valence electrons. The van der Waals surface area contributed by atoms with Gasteiger partial charge in [0.25, 0.3) is 0 Å². The van der Waals surface area contributed by atoms with Gasteiger partial charge in [-0.05, 0) is 44.9 Å². The lowest BCUT2D eigenvalue weighted by molar-refractivity contribution is -0.154. The lowest BCUT2D eigenvalue weighted by atomic mass is 10.1. The number of rotatable bonds is 39. The second kappa shape index (κ2) is 37.7. The molecular formula is C40H77O9P. The van der Waals surface area contributed by atoms with Crippen molar-refractivity contribution in [1.29, 1.82) is 0 Å². The van der Waals surface area contributed by atoms with Gasteiger partial charge < -0.3 is 24.6 Å². The van der Waals surface area contributed by atoms with Crippen molar-refractivity contribution in [1.82, 2.24) is 0 Å². The number of phosphoric ester groups is 1. The summed E-state index contributed by atoms with van der Waals surface area (Å²) in [6.45, 7) is 3.47. The standard InChI is InChI=1S/C40H77O9P/c1-3-5-7-9-11-13-14-15-16-17-18-19-20-21-22-23-25-27-29-31-33-46-36-39(37-48-50(44,45)47-35-38(42)34-41)49-40(43)32-30-28-26-24-12-10-8-6-4-2/h11,13,15-16,38-39,41-42H,3-10,12,14,17-37H2,1-2H3,(H,44,45)/b13-11-,16-15-. The van der Waals surface area contributed by atoms with E-state index in [1.165, 1.54) is 116 Å². The van der Waals surface area contributed by atoms with E-state index >= 15 is 0 Å². The van der Waals surface area contributed by atoms with Crippen LogP contribution < -0.4 is 0 Å². The molecule has 3 unspecified atom stereocenters. The van der Waals surface area contributed by atoms with Crippen LogP contribution in [0.4, 0.5) is 0 Å². The molecule has 0 aliphatic rings. The van der Waals surface area contributed by atoms with E-state index in [1.54, 1.807) is 0 Å². The molecule has 0 fully saturated rings. The number of aliphatic hydroxyl groups excluding tert-OH is 2. The highest BCUT2D eigenvalue weighted by Crippen LogP contribution is 2.43. The second-order valence-corrected chi connectivity index (χ2v) is 15.1. The van der Waals surface area contributed by atoms with Gasteiger partial charge >= 0.3 is 13.8 Å². The monoisotopic (exact) mass is 733 g/mol. The predicted octanol–water partition coefficient (Wildman–Crippen LogP) is 10.7. The molecule has 0 saturated heterocycles. The quantitative estimate of drug-likeness (QED) is 0.0244. The van der Waals surface area contributed by atoms with Crippen molar-refractivity contribution >= 4 is 13.8 Å². The molecule has 0 spiro atoms. The Labute approximate surface area is 306 Å². The summed E-state index contributed by atoms with van der Waals surface area (Å²) >= 11 is 0. The lowest BCUT2D eigenvalue weighted by Crippen LogP contribution is -2.29. The fourth-order valence-electron chi connectivity index (χ4n) is 5.50. The fraction of sp³-hybridized carbons (Fsp3) is 0.875. The van der Waals surface area contributed by atoms with Gasteiger partial charge in [-0.2, -0.15) is 0 Å². The molecule has 0 aromatic carbocycles. The molecule has 9 nitrogen and oxygen atoms in total. The van der Waals surface area contributed by atoms with Crippen molar-refractivity contribution in [2.75, 3.05) is 33.0 Å². The third-order valence-corrected chi connectivity index (χ3v) is 9.59. The van der Waals surface area contributed by atoms with Crippen LogP contribution in [0.5, 0.6) is 0 Å². The van der Waals surface area contributed by atoms with Crippen LogP contribution in [0.1, 0.15) is 181 Å². The summed E-state index contributed by atoms with van der Waals surface area (Å²) in [6, 6.07) is 0. The van der Waals surface area contributed by atoms with Gasteiger partial charge in [0.05, 0.1) is 26.4 Å². The minimum Gasteiger partial charge on any atom is -0.457 e. The normalized spacial score (nSPS) is 14.4. The molecule has 0 heterocycles. The number of hydrogen-bond donors (Lipinski definition) is 3. The Hall–Kier alpha value is -1.06. The third kappa shape index (κ3) is 36.7. The minimum atomic E-state index is -4.51. The minimum absolute atomic E-state index is 0.0503. The molecule has 0 radical (unpaired) electrons. The van der Waals surface area contributed by atoms with Gasteiger partial charge in [-0.3, -0.25) is 13.8 Å². The highest BCUT2D eigenvalue weighted by molar-refractivity contribution is 7.47. The smallest absolute Gasteiger partial charge is 0.457 e. The first-order valence-corrected chi connectivity index (χ1v) is 21.8. The van der Waals surface area contributed by atoms with Gasteiger partial charge in [-0.25, -0.2) is 4.57 Å². The van der Waals surface area contributed by atoms with Gasteiger partial charge in [0.1, 0.15) is 12.2 Å². The van der Waals surface area contributed by atoms with Crippen molar-refractivity contribution in [3.63, 3.8) is 0 Å². The van der Waals surface area contributed by atoms with Gasteiger partial charge in [0, 0.05) is 13.0 Å². The summed E-state index contributed by atoms with van der Waals surface area (Å²) in [4.78, 5) is 22.4. The zero-order valence-electron chi connectivity index (χ0n) is 32.1. The molecule has 0 rings (SSSR count). The maximum absolute atomic E-state index is 12.5. The van der Waals surface area contributed by atoms with Gasteiger partial charge in [-0.1, -0.05) is 154 Å². The zero-order chi connectivity index (χ0) is 36.8. The van der Waals surface area contributed by atoms with Crippen LogP contribution in [0, 0.1) is 0 Å². The van der Waals surface area contributed by atoms with E-state index < -0.39 is 33.2 Å². The summed E-state index contributed by atoms with van der Waals surface area (Å²) < 4.78 is 33.2. The summed E-state index contributed by atoms with van der Waals surface area (Å²) in [5.41, 5.74) is 0. The van der Waals surface area contributed by atoms with Crippen LogP contribution in [0.15, 0.2) is 24.3 Å². The zero-order valence-corrected chi connectivity index (χ0v) is 33.0. The number of carbonyl (C=O) groups is 1. The molecule has 10 heteroatoms. The Morgan fingerprint density at radius 2 is 1.08 bits per heavy atom. The van der Waals surface area contributed by atoms with E-state index in [9.17, 15) is 19.4 Å². The molecule has 0 aromatic rings. The number of hydrogen-bond acceptors (Lipinski definition) is 8. The van der Waals surface area contributed by atoms with Crippen LogP contribution in [-0.4, -0.2) is 66.3 Å². The van der Waals surface area contributed by atoms with Crippen molar-refractivity contribution in [2.45, 2.75) is 193 Å². The van der Waals surface area contributed by atoms with E-state index in [2.05, 4.69) is 38.2 Å². The first-order chi connectivity index (χ1) is 24.3. The maximum Gasteiger partial charge on any atom is 0.472 e. The highest BCUT2D eigenvalue weighted by Gasteiger charge is 2.26. The second-order valence-electron chi connectivity index (χ2n) is 13.7. The lowest BCUT2D eigenvalue weighted by Gasteiger charge is -2.20. The molecule has 0 bridgehead atoms. The number of phosphoric acid groups is 1. The Bertz CT molecular complexity index is 836. The van der Waals surface area contributed by atoms with Crippen LogP contribution in [0.3, 0.4) is 0 Å². The Kier molecular flexibility index (Phi) is 36.9. The van der Waals surface area contributed by atoms with Crippen LogP contribution >= 0.6 is 7.82 Å². The molecule has 0 aliphatic carbocycles. The van der Waals surface area contributed by atoms with Crippen LogP contribution in [-0.2, 0) is 27.9 Å². The molecule has 0 aromatic heterocycles. The van der Waals surface area contributed by atoms with Crippen molar-refractivity contribution in [2.24, 2.45) is 0 Å². The Morgan fingerprint density at radius 3 is 1.64 bits per heavy atom. The van der Waals surface area contributed by atoms with Gasteiger partial charge in [0.15, 0.2) is 0 Å². The van der Waals surface area contributed by atoms with Gasteiger partial charge in [0.2, 0.25) is 0 Å². The number of ether oxygens (including phenoxy) is 2. The summed E-state index contributed by atoms with van der Waals surface area (Å²) in [5.74, 6) is -0.386. The molecular weight excluding hydrogens is 655 g/mol. The summed E-state index contributed by atoms with van der Waals surface area (Å²) in [7, 11) is -4.51. The SMILES string of the molecule is CCCCC/C=C\C/C=C\CCCCCCCCCCCCOCC(COP(=O)(O)OCC(O)CO)OC(=O)CCCCCCCCCCC. The largest absolute Gasteiger partial charge is 0.472 e. The third-order valence-electron chi connectivity index (χ3n) is 8.64. The Morgan fingerprint density at radius 1 is 0.620 bits per heavy atom. The van der Waals surface area contributed by atoms with E-state index in [4.69, 9.17) is 23.6 Å². The molecule has 0 amide bonds. The van der Waals surface area contributed by atoms with Gasteiger partial charge in [-0.15, -0.1) is 0 Å².